The van der Waals surface area contributed by atoms with Gasteiger partial charge in [-0.1, -0.05) is 115 Å². The van der Waals surface area contributed by atoms with E-state index >= 15 is 0 Å². The number of unbranched alkanes of at least 4 members (excludes halogenated alkanes) is 15. The minimum atomic E-state index is -0.394. The zero-order valence-electron chi connectivity index (χ0n) is 20.8. The van der Waals surface area contributed by atoms with Crippen molar-refractivity contribution in [1.82, 2.24) is 16.2 Å². The van der Waals surface area contributed by atoms with Crippen molar-refractivity contribution in [3.05, 3.63) is 29.8 Å². The van der Waals surface area contributed by atoms with Crippen molar-refractivity contribution in [2.75, 3.05) is 6.54 Å². The maximum atomic E-state index is 11.8. The van der Waals surface area contributed by atoms with Gasteiger partial charge >= 0.3 is 6.03 Å². The van der Waals surface area contributed by atoms with Gasteiger partial charge in [0.1, 0.15) is 5.75 Å². The lowest BCUT2D eigenvalue weighted by Crippen LogP contribution is -2.47. The highest BCUT2D eigenvalue weighted by Crippen LogP contribution is 2.13. The number of carbonyl (C=O) groups excluding carboxylic acids is 2. The first-order valence-electron chi connectivity index (χ1n) is 13.2. The Labute approximate surface area is 201 Å². The molecule has 3 amide bonds. The van der Waals surface area contributed by atoms with E-state index in [1.54, 1.807) is 12.1 Å². The van der Waals surface area contributed by atoms with Gasteiger partial charge in [-0.2, -0.15) is 0 Å². The van der Waals surface area contributed by atoms with E-state index in [9.17, 15) is 14.7 Å². The maximum absolute atomic E-state index is 11.8. The normalized spacial score (nSPS) is 10.7. The molecule has 4 N–H and O–H groups in total. The molecule has 0 radical (unpaired) electrons. The van der Waals surface area contributed by atoms with E-state index in [0.717, 1.165) is 18.4 Å². The van der Waals surface area contributed by atoms with E-state index in [1.807, 2.05) is 0 Å². The number of hydrogen-bond acceptors (Lipinski definition) is 3. The van der Waals surface area contributed by atoms with Gasteiger partial charge in [0.25, 0.3) is 0 Å². The molecule has 0 saturated carbocycles. The second-order valence-corrected chi connectivity index (χ2v) is 9.08. The molecule has 1 aromatic rings. The van der Waals surface area contributed by atoms with E-state index in [4.69, 9.17) is 0 Å². The molecule has 1 aromatic carbocycles. The van der Waals surface area contributed by atoms with E-state index < -0.39 is 6.03 Å². The molecule has 0 bridgehead atoms. The summed E-state index contributed by atoms with van der Waals surface area (Å²) in [6.07, 6.45) is 21.3. The summed E-state index contributed by atoms with van der Waals surface area (Å²) < 4.78 is 0. The second kappa shape index (κ2) is 20.4. The average molecular weight is 462 g/mol. The van der Waals surface area contributed by atoms with E-state index in [1.165, 1.54) is 102 Å². The maximum Gasteiger partial charge on any atom is 0.333 e. The quantitative estimate of drug-likeness (QED) is 0.139. The molecule has 0 aliphatic carbocycles. The molecule has 6 heteroatoms. The number of benzene rings is 1. The van der Waals surface area contributed by atoms with Gasteiger partial charge in [-0.25, -0.2) is 10.2 Å². The Kier molecular flexibility index (Phi) is 17.8. The average Bonchev–Trinajstić information content (AvgIpc) is 2.81. The highest BCUT2D eigenvalue weighted by molar-refractivity contribution is 5.82. The highest BCUT2D eigenvalue weighted by atomic mass is 16.3. The number of hydrazine groups is 1. The highest BCUT2D eigenvalue weighted by Gasteiger charge is 2.05. The molecule has 0 saturated heterocycles. The van der Waals surface area contributed by atoms with Crippen LogP contribution in [0.25, 0.3) is 0 Å². The molecule has 0 aliphatic rings. The Balaban J connectivity index is 1.81. The SMILES string of the molecule is CCCCCCCCCCCCCCCCCCNC(=O)NNC(=O)Cc1ccc(O)cc1. The molecule has 33 heavy (non-hydrogen) atoms. The van der Waals surface area contributed by atoms with E-state index in [0.29, 0.717) is 6.54 Å². The van der Waals surface area contributed by atoms with Crippen molar-refractivity contribution in [2.24, 2.45) is 0 Å². The molecule has 0 fully saturated rings. The third-order valence-corrected chi connectivity index (χ3v) is 5.93. The lowest BCUT2D eigenvalue weighted by Gasteiger charge is -2.09. The zero-order valence-corrected chi connectivity index (χ0v) is 20.8. The van der Waals surface area contributed by atoms with Crippen LogP contribution >= 0.6 is 0 Å². The molecule has 0 aliphatic heterocycles. The Morgan fingerprint density at radius 1 is 0.667 bits per heavy atom. The lowest BCUT2D eigenvalue weighted by molar-refractivity contribution is -0.121. The van der Waals surface area contributed by atoms with Crippen LogP contribution < -0.4 is 16.2 Å². The summed E-state index contributed by atoms with van der Waals surface area (Å²) in [6, 6.07) is 6.01. The summed E-state index contributed by atoms with van der Waals surface area (Å²) >= 11 is 0. The van der Waals surface area contributed by atoms with Gasteiger partial charge in [-0.15, -0.1) is 0 Å². The number of phenols is 1. The van der Waals surface area contributed by atoms with Crippen LogP contribution in [0.5, 0.6) is 5.75 Å². The van der Waals surface area contributed by atoms with Crippen LogP contribution in [0, 0.1) is 0 Å². The van der Waals surface area contributed by atoms with Gasteiger partial charge in [-0.3, -0.25) is 10.2 Å². The molecular formula is C27H47N3O3. The zero-order chi connectivity index (χ0) is 24.0. The monoisotopic (exact) mass is 461 g/mol. The van der Waals surface area contributed by atoms with Gasteiger partial charge in [0, 0.05) is 6.54 Å². The topological polar surface area (TPSA) is 90.5 Å². The number of rotatable bonds is 19. The third kappa shape index (κ3) is 17.9. The second-order valence-electron chi connectivity index (χ2n) is 9.08. The molecule has 0 aromatic heterocycles. The van der Waals surface area contributed by atoms with Crippen LogP contribution in [0.3, 0.4) is 0 Å². The van der Waals surface area contributed by atoms with Gasteiger partial charge in [-0.05, 0) is 24.1 Å². The van der Waals surface area contributed by atoms with Gasteiger partial charge in [0.15, 0.2) is 0 Å². The van der Waals surface area contributed by atoms with Crippen LogP contribution in [0.1, 0.15) is 115 Å². The van der Waals surface area contributed by atoms with Gasteiger partial charge in [0.05, 0.1) is 6.42 Å². The first-order chi connectivity index (χ1) is 16.1. The van der Waals surface area contributed by atoms with Crippen LogP contribution in [0.15, 0.2) is 24.3 Å². The van der Waals surface area contributed by atoms with E-state index in [2.05, 4.69) is 23.1 Å². The molecule has 0 heterocycles. The van der Waals surface area contributed by atoms with Crippen molar-refractivity contribution >= 4 is 11.9 Å². The summed E-state index contributed by atoms with van der Waals surface area (Å²) in [5.41, 5.74) is 5.52. The van der Waals surface area contributed by atoms with Crippen LogP contribution in [-0.4, -0.2) is 23.6 Å². The Bertz CT molecular complexity index is 620. The fourth-order valence-corrected chi connectivity index (χ4v) is 3.89. The number of urea groups is 1. The van der Waals surface area contributed by atoms with Gasteiger partial charge < -0.3 is 10.4 Å². The first kappa shape index (κ1) is 28.8. The third-order valence-electron chi connectivity index (χ3n) is 5.93. The predicted molar refractivity (Wildman–Crippen MR) is 136 cm³/mol. The van der Waals surface area contributed by atoms with Gasteiger partial charge in [0.2, 0.25) is 5.91 Å². The van der Waals surface area contributed by atoms with Crippen molar-refractivity contribution in [2.45, 2.75) is 116 Å². The first-order valence-corrected chi connectivity index (χ1v) is 13.2. The van der Waals surface area contributed by atoms with Crippen molar-refractivity contribution in [1.29, 1.82) is 0 Å². The molecule has 0 atom stereocenters. The van der Waals surface area contributed by atoms with Crippen molar-refractivity contribution < 1.29 is 14.7 Å². The number of hydrogen-bond donors (Lipinski definition) is 4. The molecule has 6 nitrogen and oxygen atoms in total. The molecular weight excluding hydrogens is 414 g/mol. The predicted octanol–water partition coefficient (Wildman–Crippen LogP) is 6.53. The van der Waals surface area contributed by atoms with E-state index in [-0.39, 0.29) is 18.1 Å². The summed E-state index contributed by atoms with van der Waals surface area (Å²) in [5.74, 6) is -0.149. The smallest absolute Gasteiger partial charge is 0.333 e. The molecule has 0 spiro atoms. The molecule has 1 rings (SSSR count). The minimum absolute atomic E-state index is 0.139. The number of nitrogens with one attached hydrogen (secondary N) is 3. The standard InChI is InChI=1S/C27H47N3O3/c1-2-3-4-5-6-7-8-9-10-11-12-13-14-15-16-17-22-28-27(33)30-29-26(32)23-24-18-20-25(31)21-19-24/h18-21,31H,2-17,22-23H2,1H3,(H,29,32)(H2,28,30,33). The Morgan fingerprint density at radius 2 is 1.12 bits per heavy atom. The number of phenolic OH excluding ortho intramolecular Hbond substituents is 1. The Hall–Kier alpha value is -2.24. The van der Waals surface area contributed by atoms with Crippen LogP contribution in [-0.2, 0) is 11.2 Å². The molecule has 0 unspecified atom stereocenters. The van der Waals surface area contributed by atoms with Crippen molar-refractivity contribution in [3.63, 3.8) is 0 Å². The minimum Gasteiger partial charge on any atom is -0.508 e. The van der Waals surface area contributed by atoms with Crippen LogP contribution in [0.4, 0.5) is 4.79 Å². The summed E-state index contributed by atoms with van der Waals surface area (Å²) in [6.45, 7) is 2.88. The number of aromatic hydroxyl groups is 1. The number of amides is 3. The fourth-order valence-electron chi connectivity index (χ4n) is 3.89. The van der Waals surface area contributed by atoms with Crippen molar-refractivity contribution in [3.8, 4) is 5.75 Å². The number of carbonyl (C=O) groups is 2. The largest absolute Gasteiger partial charge is 0.508 e. The summed E-state index contributed by atoms with van der Waals surface area (Å²) in [5, 5.41) is 12.0. The Morgan fingerprint density at radius 3 is 1.61 bits per heavy atom. The fraction of sp³-hybridized carbons (Fsp3) is 0.704. The van der Waals surface area contributed by atoms with Crippen LogP contribution in [0.2, 0.25) is 0 Å². The summed E-state index contributed by atoms with van der Waals surface area (Å²) in [4.78, 5) is 23.6. The lowest BCUT2D eigenvalue weighted by atomic mass is 10.0. The summed E-state index contributed by atoms with van der Waals surface area (Å²) in [7, 11) is 0. The molecule has 188 valence electrons.